The van der Waals surface area contributed by atoms with Crippen LogP contribution in [0, 0.1) is 11.8 Å². The van der Waals surface area contributed by atoms with Crippen molar-refractivity contribution in [1.82, 2.24) is 5.32 Å². The summed E-state index contributed by atoms with van der Waals surface area (Å²) in [4.78, 5) is 0. The molecule has 2 nitrogen and oxygen atoms in total. The fourth-order valence-electron chi connectivity index (χ4n) is 1.70. The van der Waals surface area contributed by atoms with Crippen LogP contribution < -0.4 is 5.32 Å². The standard InChI is InChI=1S/C13H29NO/c1-5-9-14-11-13(3)12(2)8-6-7-10-15-4/h12-14H,5-11H2,1-4H3. The zero-order valence-corrected chi connectivity index (χ0v) is 11.0. The fourth-order valence-corrected chi connectivity index (χ4v) is 1.70. The Morgan fingerprint density at radius 2 is 1.87 bits per heavy atom. The van der Waals surface area contributed by atoms with Gasteiger partial charge in [0.05, 0.1) is 0 Å². The quantitative estimate of drug-likeness (QED) is 0.565. The molecule has 0 aromatic rings. The van der Waals surface area contributed by atoms with Crippen LogP contribution in [0.5, 0.6) is 0 Å². The Labute approximate surface area is 95.8 Å². The predicted molar refractivity (Wildman–Crippen MR) is 67.2 cm³/mol. The predicted octanol–water partition coefficient (Wildman–Crippen LogP) is 3.07. The van der Waals surface area contributed by atoms with Crippen molar-refractivity contribution in [2.75, 3.05) is 26.8 Å². The van der Waals surface area contributed by atoms with Gasteiger partial charge in [-0.1, -0.05) is 33.6 Å². The van der Waals surface area contributed by atoms with Gasteiger partial charge in [0.2, 0.25) is 0 Å². The lowest BCUT2D eigenvalue weighted by molar-refractivity contribution is 0.188. The Morgan fingerprint density at radius 1 is 1.13 bits per heavy atom. The van der Waals surface area contributed by atoms with Crippen LogP contribution in [0.4, 0.5) is 0 Å². The number of methoxy groups -OCH3 is 1. The zero-order chi connectivity index (χ0) is 11.5. The average Bonchev–Trinajstić information content (AvgIpc) is 2.24. The van der Waals surface area contributed by atoms with E-state index in [1.54, 1.807) is 7.11 Å². The molecule has 92 valence electrons. The summed E-state index contributed by atoms with van der Waals surface area (Å²) in [6.45, 7) is 10.2. The Kier molecular flexibility index (Phi) is 10.4. The van der Waals surface area contributed by atoms with Crippen molar-refractivity contribution in [2.45, 2.75) is 46.5 Å². The molecule has 0 bridgehead atoms. The SMILES string of the molecule is CCCNCC(C)C(C)CCCCOC. The second kappa shape index (κ2) is 10.4. The van der Waals surface area contributed by atoms with E-state index in [1.807, 2.05) is 0 Å². The van der Waals surface area contributed by atoms with E-state index < -0.39 is 0 Å². The minimum Gasteiger partial charge on any atom is -0.385 e. The van der Waals surface area contributed by atoms with Gasteiger partial charge < -0.3 is 10.1 Å². The highest BCUT2D eigenvalue weighted by atomic mass is 16.5. The molecule has 0 aliphatic heterocycles. The van der Waals surface area contributed by atoms with Gasteiger partial charge in [-0.15, -0.1) is 0 Å². The third-order valence-corrected chi connectivity index (χ3v) is 3.12. The van der Waals surface area contributed by atoms with Crippen LogP contribution in [0.3, 0.4) is 0 Å². The summed E-state index contributed by atoms with van der Waals surface area (Å²) in [7, 11) is 1.78. The molecule has 0 spiro atoms. The monoisotopic (exact) mass is 215 g/mol. The molecule has 0 aromatic carbocycles. The Morgan fingerprint density at radius 3 is 2.47 bits per heavy atom. The molecule has 0 aromatic heterocycles. The molecule has 15 heavy (non-hydrogen) atoms. The highest BCUT2D eigenvalue weighted by Crippen LogP contribution is 2.17. The summed E-state index contributed by atoms with van der Waals surface area (Å²) in [6.07, 6.45) is 5.07. The van der Waals surface area contributed by atoms with Crippen LogP contribution >= 0.6 is 0 Å². The number of nitrogens with one attached hydrogen (secondary N) is 1. The summed E-state index contributed by atoms with van der Waals surface area (Å²) in [5, 5.41) is 3.49. The van der Waals surface area contributed by atoms with Crippen molar-refractivity contribution >= 4 is 0 Å². The molecule has 2 heteroatoms. The number of unbranched alkanes of at least 4 members (excludes halogenated alkanes) is 1. The van der Waals surface area contributed by atoms with Crippen LogP contribution in [-0.2, 0) is 4.74 Å². The lowest BCUT2D eigenvalue weighted by Crippen LogP contribution is -2.25. The molecule has 0 rings (SSSR count). The Balaban J connectivity index is 3.38. The van der Waals surface area contributed by atoms with Crippen molar-refractivity contribution in [2.24, 2.45) is 11.8 Å². The lowest BCUT2D eigenvalue weighted by atomic mass is 9.91. The Hall–Kier alpha value is -0.0800. The van der Waals surface area contributed by atoms with Crippen molar-refractivity contribution < 1.29 is 4.74 Å². The van der Waals surface area contributed by atoms with Gasteiger partial charge in [-0.25, -0.2) is 0 Å². The van der Waals surface area contributed by atoms with Crippen molar-refractivity contribution in [3.8, 4) is 0 Å². The largest absolute Gasteiger partial charge is 0.385 e. The topological polar surface area (TPSA) is 21.3 Å². The third kappa shape index (κ3) is 8.88. The van der Waals surface area contributed by atoms with Gasteiger partial charge in [0, 0.05) is 13.7 Å². The van der Waals surface area contributed by atoms with E-state index in [0.717, 1.165) is 25.0 Å². The second-order valence-corrected chi connectivity index (χ2v) is 4.65. The van der Waals surface area contributed by atoms with Crippen LogP contribution in [0.2, 0.25) is 0 Å². The van der Waals surface area contributed by atoms with Crippen molar-refractivity contribution in [1.29, 1.82) is 0 Å². The molecule has 2 unspecified atom stereocenters. The van der Waals surface area contributed by atoms with Crippen molar-refractivity contribution in [3.63, 3.8) is 0 Å². The molecular formula is C13H29NO. The van der Waals surface area contributed by atoms with E-state index in [4.69, 9.17) is 4.74 Å². The van der Waals surface area contributed by atoms with Crippen LogP contribution in [-0.4, -0.2) is 26.8 Å². The summed E-state index contributed by atoms with van der Waals surface area (Å²) in [5.41, 5.74) is 0. The summed E-state index contributed by atoms with van der Waals surface area (Å²) < 4.78 is 5.05. The second-order valence-electron chi connectivity index (χ2n) is 4.65. The van der Waals surface area contributed by atoms with E-state index in [1.165, 1.54) is 32.2 Å². The van der Waals surface area contributed by atoms with Gasteiger partial charge in [0.15, 0.2) is 0 Å². The average molecular weight is 215 g/mol. The smallest absolute Gasteiger partial charge is 0.0462 e. The molecule has 0 fully saturated rings. The van der Waals surface area contributed by atoms with Crippen LogP contribution in [0.1, 0.15) is 46.5 Å². The van der Waals surface area contributed by atoms with E-state index in [9.17, 15) is 0 Å². The highest BCUT2D eigenvalue weighted by Gasteiger charge is 2.10. The first-order valence-electron chi connectivity index (χ1n) is 6.42. The van der Waals surface area contributed by atoms with Gasteiger partial charge in [-0.05, 0) is 37.8 Å². The highest BCUT2D eigenvalue weighted by molar-refractivity contribution is 4.64. The van der Waals surface area contributed by atoms with E-state index in [0.29, 0.717) is 0 Å². The fraction of sp³-hybridized carbons (Fsp3) is 1.00. The van der Waals surface area contributed by atoms with Gasteiger partial charge in [-0.2, -0.15) is 0 Å². The maximum absolute atomic E-state index is 5.05. The molecule has 0 aliphatic carbocycles. The summed E-state index contributed by atoms with van der Waals surface area (Å²) in [5.74, 6) is 1.62. The van der Waals surface area contributed by atoms with Crippen LogP contribution in [0.15, 0.2) is 0 Å². The first-order valence-corrected chi connectivity index (χ1v) is 6.42. The lowest BCUT2D eigenvalue weighted by Gasteiger charge is -2.20. The van der Waals surface area contributed by atoms with Crippen LogP contribution in [0.25, 0.3) is 0 Å². The van der Waals surface area contributed by atoms with Gasteiger partial charge >= 0.3 is 0 Å². The van der Waals surface area contributed by atoms with E-state index >= 15 is 0 Å². The molecule has 0 saturated heterocycles. The first kappa shape index (κ1) is 14.9. The minimum atomic E-state index is 0.791. The minimum absolute atomic E-state index is 0.791. The maximum Gasteiger partial charge on any atom is 0.0462 e. The summed E-state index contributed by atoms with van der Waals surface area (Å²) in [6, 6.07) is 0. The molecular weight excluding hydrogens is 186 g/mol. The molecule has 0 saturated carbocycles. The Bertz CT molecular complexity index is 128. The number of hydrogen-bond donors (Lipinski definition) is 1. The maximum atomic E-state index is 5.05. The zero-order valence-electron chi connectivity index (χ0n) is 11.0. The third-order valence-electron chi connectivity index (χ3n) is 3.12. The molecule has 0 radical (unpaired) electrons. The molecule has 2 atom stereocenters. The normalized spacial score (nSPS) is 15.2. The molecule has 0 aliphatic rings. The molecule has 0 amide bonds. The van der Waals surface area contributed by atoms with Gasteiger partial charge in [0.25, 0.3) is 0 Å². The first-order chi connectivity index (χ1) is 7.22. The van der Waals surface area contributed by atoms with Gasteiger partial charge in [0.1, 0.15) is 0 Å². The molecule has 1 N–H and O–H groups in total. The van der Waals surface area contributed by atoms with E-state index in [-0.39, 0.29) is 0 Å². The number of rotatable bonds is 10. The summed E-state index contributed by atoms with van der Waals surface area (Å²) >= 11 is 0. The molecule has 0 heterocycles. The van der Waals surface area contributed by atoms with Crippen molar-refractivity contribution in [3.05, 3.63) is 0 Å². The number of hydrogen-bond acceptors (Lipinski definition) is 2. The van der Waals surface area contributed by atoms with E-state index in [2.05, 4.69) is 26.1 Å². The van der Waals surface area contributed by atoms with Gasteiger partial charge in [-0.3, -0.25) is 0 Å². The number of ether oxygens (including phenoxy) is 1.